The average molecular weight is 225 g/mol. The van der Waals surface area contributed by atoms with Crippen LogP contribution in [0.15, 0.2) is 0 Å². The molecule has 1 fully saturated rings. The van der Waals surface area contributed by atoms with Crippen LogP contribution in [0.3, 0.4) is 0 Å². The van der Waals surface area contributed by atoms with Gasteiger partial charge in [-0.2, -0.15) is 0 Å². The molecular formula is C15H31N. The summed E-state index contributed by atoms with van der Waals surface area (Å²) in [5, 5.41) is 3.64. The highest BCUT2D eigenvalue weighted by Gasteiger charge is 2.20. The largest absolute Gasteiger partial charge is 0.316 e. The first kappa shape index (κ1) is 14.0. The summed E-state index contributed by atoms with van der Waals surface area (Å²) in [7, 11) is 0. The molecule has 2 atom stereocenters. The molecule has 96 valence electrons. The summed E-state index contributed by atoms with van der Waals surface area (Å²) < 4.78 is 0. The predicted octanol–water partition coefficient (Wildman–Crippen LogP) is 4.37. The van der Waals surface area contributed by atoms with Crippen molar-refractivity contribution >= 4 is 0 Å². The Labute approximate surface area is 102 Å². The van der Waals surface area contributed by atoms with Crippen LogP contribution in [-0.4, -0.2) is 13.1 Å². The summed E-state index contributed by atoms with van der Waals surface area (Å²) in [5.41, 5.74) is 0. The fourth-order valence-corrected chi connectivity index (χ4v) is 2.94. The first-order valence-corrected chi connectivity index (χ1v) is 7.57. The van der Waals surface area contributed by atoms with Gasteiger partial charge in [0.25, 0.3) is 0 Å². The molecule has 1 saturated heterocycles. The molecule has 1 heterocycles. The second-order valence-corrected chi connectivity index (χ2v) is 5.62. The summed E-state index contributed by atoms with van der Waals surface area (Å²) >= 11 is 0. The number of unbranched alkanes of at least 4 members (excludes halogenated alkanes) is 4. The standard InChI is InChI=1S/C15H31N/c1-3-5-7-9-14-11-15(13-16-12-14)10-8-6-4-2/h14-16H,3-13H2,1-2H3. The van der Waals surface area contributed by atoms with Crippen LogP contribution in [0.1, 0.15) is 71.6 Å². The molecule has 1 nitrogen and oxygen atoms in total. The Bertz CT molecular complexity index is 140. The second-order valence-electron chi connectivity index (χ2n) is 5.62. The number of hydrogen-bond donors (Lipinski definition) is 1. The van der Waals surface area contributed by atoms with Gasteiger partial charge >= 0.3 is 0 Å². The molecular weight excluding hydrogens is 194 g/mol. The Kier molecular flexibility index (Phi) is 7.92. The smallest absolute Gasteiger partial charge is 0.00203 e. The Morgan fingerprint density at radius 1 is 0.812 bits per heavy atom. The maximum atomic E-state index is 3.64. The van der Waals surface area contributed by atoms with Crippen molar-refractivity contribution in [2.45, 2.75) is 71.6 Å². The van der Waals surface area contributed by atoms with Crippen molar-refractivity contribution in [1.29, 1.82) is 0 Å². The lowest BCUT2D eigenvalue weighted by molar-refractivity contribution is 0.254. The number of piperidine rings is 1. The van der Waals surface area contributed by atoms with E-state index in [1.54, 1.807) is 0 Å². The minimum atomic E-state index is 0.979. The second kappa shape index (κ2) is 9.04. The molecule has 2 unspecified atom stereocenters. The van der Waals surface area contributed by atoms with Crippen LogP contribution in [0.2, 0.25) is 0 Å². The lowest BCUT2D eigenvalue weighted by Crippen LogP contribution is -2.36. The molecule has 16 heavy (non-hydrogen) atoms. The van der Waals surface area contributed by atoms with Crippen molar-refractivity contribution < 1.29 is 0 Å². The minimum Gasteiger partial charge on any atom is -0.316 e. The third kappa shape index (κ3) is 5.89. The molecule has 0 aromatic rings. The van der Waals surface area contributed by atoms with Gasteiger partial charge < -0.3 is 5.32 Å². The van der Waals surface area contributed by atoms with Gasteiger partial charge in [0.15, 0.2) is 0 Å². The van der Waals surface area contributed by atoms with Gasteiger partial charge in [0.2, 0.25) is 0 Å². The van der Waals surface area contributed by atoms with E-state index in [4.69, 9.17) is 0 Å². The Morgan fingerprint density at radius 3 is 1.75 bits per heavy atom. The zero-order valence-electron chi connectivity index (χ0n) is 11.4. The van der Waals surface area contributed by atoms with Crippen molar-refractivity contribution in [3.8, 4) is 0 Å². The maximum absolute atomic E-state index is 3.64. The van der Waals surface area contributed by atoms with E-state index in [1.165, 1.54) is 70.9 Å². The minimum absolute atomic E-state index is 0.979. The molecule has 0 bridgehead atoms. The molecule has 0 spiro atoms. The van der Waals surface area contributed by atoms with E-state index in [1.807, 2.05) is 0 Å². The van der Waals surface area contributed by atoms with Crippen molar-refractivity contribution in [3.63, 3.8) is 0 Å². The third-order valence-electron chi connectivity index (χ3n) is 3.96. The van der Waals surface area contributed by atoms with Crippen LogP contribution in [0, 0.1) is 11.8 Å². The zero-order chi connectivity index (χ0) is 11.6. The first-order chi connectivity index (χ1) is 7.86. The highest BCUT2D eigenvalue weighted by Crippen LogP contribution is 2.25. The van der Waals surface area contributed by atoms with Crippen LogP contribution >= 0.6 is 0 Å². The van der Waals surface area contributed by atoms with E-state index < -0.39 is 0 Å². The Hall–Kier alpha value is -0.0400. The lowest BCUT2D eigenvalue weighted by Gasteiger charge is -2.30. The van der Waals surface area contributed by atoms with Crippen molar-refractivity contribution in [1.82, 2.24) is 5.32 Å². The molecule has 1 heteroatoms. The molecule has 0 saturated carbocycles. The first-order valence-electron chi connectivity index (χ1n) is 7.57. The van der Waals surface area contributed by atoms with Crippen LogP contribution < -0.4 is 5.32 Å². The van der Waals surface area contributed by atoms with Gasteiger partial charge in [0, 0.05) is 0 Å². The van der Waals surface area contributed by atoms with Crippen molar-refractivity contribution in [2.75, 3.05) is 13.1 Å². The molecule has 0 amide bonds. The number of nitrogens with one attached hydrogen (secondary N) is 1. The van der Waals surface area contributed by atoms with E-state index in [9.17, 15) is 0 Å². The molecule has 1 aliphatic rings. The molecule has 1 N–H and O–H groups in total. The van der Waals surface area contributed by atoms with Crippen LogP contribution in [0.25, 0.3) is 0 Å². The molecule has 1 rings (SSSR count). The van der Waals surface area contributed by atoms with Gasteiger partial charge in [-0.25, -0.2) is 0 Å². The molecule has 1 aliphatic heterocycles. The quantitative estimate of drug-likeness (QED) is 0.605. The lowest BCUT2D eigenvalue weighted by atomic mass is 9.84. The number of rotatable bonds is 8. The normalized spacial score (nSPS) is 25.9. The van der Waals surface area contributed by atoms with E-state index in [0.717, 1.165) is 11.8 Å². The van der Waals surface area contributed by atoms with Gasteiger partial charge in [0.05, 0.1) is 0 Å². The topological polar surface area (TPSA) is 12.0 Å². The highest BCUT2D eigenvalue weighted by atomic mass is 14.9. The van der Waals surface area contributed by atoms with E-state index >= 15 is 0 Å². The van der Waals surface area contributed by atoms with E-state index in [-0.39, 0.29) is 0 Å². The van der Waals surface area contributed by atoms with Gasteiger partial charge in [-0.15, -0.1) is 0 Å². The average Bonchev–Trinajstić information content (AvgIpc) is 2.30. The van der Waals surface area contributed by atoms with Crippen LogP contribution in [0.4, 0.5) is 0 Å². The number of hydrogen-bond acceptors (Lipinski definition) is 1. The Balaban J connectivity index is 2.09. The molecule has 0 aliphatic carbocycles. The van der Waals surface area contributed by atoms with E-state index in [2.05, 4.69) is 19.2 Å². The fourth-order valence-electron chi connectivity index (χ4n) is 2.94. The van der Waals surface area contributed by atoms with Crippen LogP contribution in [0.5, 0.6) is 0 Å². The zero-order valence-corrected chi connectivity index (χ0v) is 11.4. The van der Waals surface area contributed by atoms with Gasteiger partial charge in [-0.1, -0.05) is 52.4 Å². The summed E-state index contributed by atoms with van der Waals surface area (Å²) in [4.78, 5) is 0. The molecule has 0 aromatic carbocycles. The van der Waals surface area contributed by atoms with Gasteiger partial charge in [0.1, 0.15) is 0 Å². The van der Waals surface area contributed by atoms with Crippen molar-refractivity contribution in [3.05, 3.63) is 0 Å². The predicted molar refractivity (Wildman–Crippen MR) is 72.8 cm³/mol. The van der Waals surface area contributed by atoms with E-state index in [0.29, 0.717) is 0 Å². The Morgan fingerprint density at radius 2 is 1.31 bits per heavy atom. The maximum Gasteiger partial charge on any atom is -0.00203 e. The van der Waals surface area contributed by atoms with Gasteiger partial charge in [-0.05, 0) is 44.2 Å². The fraction of sp³-hybridized carbons (Fsp3) is 1.00. The third-order valence-corrected chi connectivity index (χ3v) is 3.96. The molecule has 0 aromatic heterocycles. The van der Waals surface area contributed by atoms with Crippen molar-refractivity contribution in [2.24, 2.45) is 11.8 Å². The molecule has 0 radical (unpaired) electrons. The summed E-state index contributed by atoms with van der Waals surface area (Å²) in [6, 6.07) is 0. The van der Waals surface area contributed by atoms with Crippen LogP contribution in [-0.2, 0) is 0 Å². The summed E-state index contributed by atoms with van der Waals surface area (Å²) in [5.74, 6) is 1.96. The van der Waals surface area contributed by atoms with Gasteiger partial charge in [-0.3, -0.25) is 0 Å². The summed E-state index contributed by atoms with van der Waals surface area (Å²) in [6.45, 7) is 7.17. The monoisotopic (exact) mass is 225 g/mol. The highest BCUT2D eigenvalue weighted by molar-refractivity contribution is 4.76. The summed E-state index contributed by atoms with van der Waals surface area (Å²) in [6.07, 6.45) is 12.9. The SMILES string of the molecule is CCCCCC1CNCC(CCCCC)C1.